The van der Waals surface area contributed by atoms with Gasteiger partial charge in [0.25, 0.3) is 5.91 Å². The van der Waals surface area contributed by atoms with E-state index in [4.69, 9.17) is 4.74 Å². The third-order valence-corrected chi connectivity index (χ3v) is 7.57. The minimum Gasteiger partial charge on any atom is -0.490 e. The lowest BCUT2D eigenvalue weighted by Crippen LogP contribution is -2.40. The number of hydrogen-bond acceptors (Lipinski definition) is 6. The topological polar surface area (TPSA) is 104 Å². The Labute approximate surface area is 203 Å². The van der Waals surface area contributed by atoms with Crippen molar-refractivity contribution in [3.05, 3.63) is 47.4 Å². The first-order valence-electron chi connectivity index (χ1n) is 12.5. The Bertz CT molecular complexity index is 1270. The second-order valence-electron chi connectivity index (χ2n) is 10.3. The van der Waals surface area contributed by atoms with Crippen LogP contribution in [0.25, 0.3) is 10.9 Å². The molecule has 3 atom stereocenters. The lowest BCUT2D eigenvalue weighted by molar-refractivity contribution is -0.135. The van der Waals surface area contributed by atoms with Crippen LogP contribution in [0.15, 0.2) is 30.3 Å². The van der Waals surface area contributed by atoms with Crippen LogP contribution in [-0.4, -0.2) is 74.3 Å². The van der Waals surface area contributed by atoms with Gasteiger partial charge in [-0.1, -0.05) is 12.1 Å². The van der Waals surface area contributed by atoms with Gasteiger partial charge in [0.15, 0.2) is 0 Å². The summed E-state index contributed by atoms with van der Waals surface area (Å²) in [5.41, 5.74) is 3.09. The molecular weight excluding hydrogens is 444 g/mol. The number of amides is 2. The molecule has 2 aromatic heterocycles. The smallest absolute Gasteiger partial charge is 0.272 e. The fourth-order valence-corrected chi connectivity index (χ4v) is 5.86. The molecule has 35 heavy (non-hydrogen) atoms. The maximum atomic E-state index is 13.4. The van der Waals surface area contributed by atoms with Crippen molar-refractivity contribution in [1.82, 2.24) is 30.2 Å². The molecule has 0 bridgehead atoms. The quantitative estimate of drug-likeness (QED) is 0.623. The van der Waals surface area contributed by atoms with Crippen LogP contribution in [0.4, 0.5) is 0 Å². The summed E-state index contributed by atoms with van der Waals surface area (Å²) in [7, 11) is 0. The Morgan fingerprint density at radius 3 is 2.51 bits per heavy atom. The molecule has 0 unspecified atom stereocenters. The predicted octanol–water partition coefficient (Wildman–Crippen LogP) is 2.48. The number of pyridine rings is 1. The molecule has 1 N–H and O–H groups in total. The Hall–Kier alpha value is -3.49. The van der Waals surface area contributed by atoms with Gasteiger partial charge in [0.1, 0.15) is 11.4 Å². The second kappa shape index (κ2) is 8.62. The van der Waals surface area contributed by atoms with Crippen LogP contribution in [-0.2, 0) is 17.6 Å². The number of nitrogens with zero attached hydrogens (tertiary/aromatic N) is 5. The molecule has 1 aromatic carbocycles. The highest BCUT2D eigenvalue weighted by Crippen LogP contribution is 2.35. The van der Waals surface area contributed by atoms with Crippen molar-refractivity contribution in [3.63, 3.8) is 0 Å². The molecule has 4 heterocycles. The molecule has 9 nitrogen and oxygen atoms in total. The number of ether oxygens (including phenoxy) is 1. The Morgan fingerprint density at radius 1 is 1.03 bits per heavy atom. The van der Waals surface area contributed by atoms with E-state index in [1.165, 1.54) is 0 Å². The molecule has 2 amide bonds. The number of rotatable bonds is 4. The van der Waals surface area contributed by atoms with E-state index in [1.807, 2.05) is 47.9 Å². The van der Waals surface area contributed by atoms with E-state index in [-0.39, 0.29) is 23.8 Å². The molecule has 1 aliphatic carbocycles. The van der Waals surface area contributed by atoms with Crippen molar-refractivity contribution in [2.45, 2.75) is 39.2 Å². The zero-order valence-electron chi connectivity index (χ0n) is 20.1. The highest BCUT2D eigenvalue weighted by molar-refractivity contribution is 5.97. The van der Waals surface area contributed by atoms with Gasteiger partial charge in [-0.15, -0.1) is 0 Å². The Kier molecular flexibility index (Phi) is 5.42. The summed E-state index contributed by atoms with van der Waals surface area (Å²) in [5.74, 6) is 1.43. The number of nitrogens with one attached hydrogen (secondary N) is 1. The van der Waals surface area contributed by atoms with Crippen LogP contribution in [0.3, 0.4) is 0 Å². The largest absolute Gasteiger partial charge is 0.490 e. The summed E-state index contributed by atoms with van der Waals surface area (Å²) in [6.07, 6.45) is 2.28. The zero-order chi connectivity index (χ0) is 24.1. The van der Waals surface area contributed by atoms with E-state index in [1.54, 1.807) is 6.07 Å². The van der Waals surface area contributed by atoms with Crippen LogP contribution in [0, 0.1) is 17.8 Å². The number of carbonyl (C=O) groups excluding carboxylic acids is 2. The van der Waals surface area contributed by atoms with Gasteiger partial charge in [-0.2, -0.15) is 15.4 Å². The molecule has 2 saturated heterocycles. The van der Waals surface area contributed by atoms with Gasteiger partial charge in [0, 0.05) is 61.8 Å². The highest BCUT2D eigenvalue weighted by atomic mass is 16.5. The average Bonchev–Trinajstić information content (AvgIpc) is 3.57. The first-order chi connectivity index (χ1) is 17.0. The fraction of sp³-hybridized carbons (Fsp3) is 0.500. The maximum absolute atomic E-state index is 13.4. The first-order valence-corrected chi connectivity index (χ1v) is 12.5. The molecule has 9 heteroatoms. The lowest BCUT2D eigenvalue weighted by atomic mass is 9.89. The van der Waals surface area contributed by atoms with Gasteiger partial charge in [-0.3, -0.25) is 9.59 Å². The number of para-hydroxylation sites is 1. The summed E-state index contributed by atoms with van der Waals surface area (Å²) in [4.78, 5) is 35.2. The molecule has 2 fully saturated rings. The van der Waals surface area contributed by atoms with Gasteiger partial charge in [0.05, 0.1) is 23.0 Å². The first kappa shape index (κ1) is 22.0. The normalized spacial score (nSPS) is 23.6. The van der Waals surface area contributed by atoms with Crippen molar-refractivity contribution in [2.75, 3.05) is 26.2 Å². The number of H-pyrrole nitrogens is 1. The third kappa shape index (κ3) is 4.02. The monoisotopic (exact) mass is 474 g/mol. The number of likely N-dealkylation sites (tertiary alicyclic amines) is 2. The molecule has 182 valence electrons. The number of carbonyl (C=O) groups is 2. The van der Waals surface area contributed by atoms with Crippen LogP contribution >= 0.6 is 0 Å². The molecule has 2 aliphatic heterocycles. The molecule has 0 saturated carbocycles. The maximum Gasteiger partial charge on any atom is 0.272 e. The Balaban J connectivity index is 1.13. The number of fused-ring (bicyclic) bond motifs is 3. The van der Waals surface area contributed by atoms with E-state index in [0.717, 1.165) is 35.1 Å². The fourth-order valence-electron chi connectivity index (χ4n) is 5.86. The summed E-state index contributed by atoms with van der Waals surface area (Å²) in [6, 6.07) is 9.52. The van der Waals surface area contributed by atoms with Gasteiger partial charge in [-0.05, 0) is 38.8 Å². The molecule has 0 spiro atoms. The molecule has 3 aliphatic rings. The van der Waals surface area contributed by atoms with Gasteiger partial charge < -0.3 is 14.5 Å². The predicted molar refractivity (Wildman–Crippen MR) is 129 cm³/mol. The lowest BCUT2D eigenvalue weighted by Gasteiger charge is -2.27. The highest BCUT2D eigenvalue weighted by Gasteiger charge is 2.44. The van der Waals surface area contributed by atoms with Crippen LogP contribution in [0.1, 0.15) is 42.1 Å². The van der Waals surface area contributed by atoms with Crippen molar-refractivity contribution in [1.29, 1.82) is 0 Å². The standard InChI is InChI=1S/C26H30N6O3/c1-15(2)35-24-10-23(27-20-6-4-3-5-19(20)24)26(34)32-13-17-11-31(12-18(17)14-32)25(33)16-7-8-21-22(9-16)29-30-28-21/h3-6,10,15-18H,7-9,11-14H2,1-2H3,(H,28,29,30)/t16-,17+,18+/m1/s1. The van der Waals surface area contributed by atoms with Gasteiger partial charge in [-0.25, -0.2) is 4.98 Å². The van der Waals surface area contributed by atoms with Crippen molar-refractivity contribution in [2.24, 2.45) is 17.8 Å². The van der Waals surface area contributed by atoms with Gasteiger partial charge >= 0.3 is 0 Å². The minimum atomic E-state index is -0.0672. The van der Waals surface area contributed by atoms with E-state index in [9.17, 15) is 9.59 Å². The molecule has 6 rings (SSSR count). The summed E-state index contributed by atoms with van der Waals surface area (Å²) < 4.78 is 6.01. The summed E-state index contributed by atoms with van der Waals surface area (Å²) >= 11 is 0. The van der Waals surface area contributed by atoms with E-state index >= 15 is 0 Å². The molecule has 0 radical (unpaired) electrons. The average molecular weight is 475 g/mol. The minimum absolute atomic E-state index is 0.00142. The van der Waals surface area contributed by atoms with Gasteiger partial charge in [0.2, 0.25) is 5.91 Å². The Morgan fingerprint density at radius 2 is 1.74 bits per heavy atom. The van der Waals surface area contributed by atoms with Crippen LogP contribution in [0.5, 0.6) is 5.75 Å². The molecule has 3 aromatic rings. The SMILES string of the molecule is CC(C)Oc1cc(C(=O)N2C[C@@H]3CN(C(=O)[C@@H]4CCc5n[nH]nc5C4)C[C@H]3C2)nc2ccccc12. The van der Waals surface area contributed by atoms with Crippen molar-refractivity contribution in [3.8, 4) is 5.75 Å². The van der Waals surface area contributed by atoms with E-state index < -0.39 is 0 Å². The summed E-state index contributed by atoms with van der Waals surface area (Å²) in [5, 5.41) is 12.0. The number of aromatic amines is 1. The summed E-state index contributed by atoms with van der Waals surface area (Å²) in [6.45, 7) is 6.68. The number of aryl methyl sites for hydroxylation is 1. The van der Waals surface area contributed by atoms with Crippen molar-refractivity contribution < 1.29 is 14.3 Å². The van der Waals surface area contributed by atoms with E-state index in [2.05, 4.69) is 20.4 Å². The number of hydrogen-bond donors (Lipinski definition) is 1. The van der Waals surface area contributed by atoms with Crippen molar-refractivity contribution >= 4 is 22.7 Å². The second-order valence-corrected chi connectivity index (χ2v) is 10.3. The number of benzene rings is 1. The van der Waals surface area contributed by atoms with Crippen LogP contribution in [0.2, 0.25) is 0 Å². The number of aromatic nitrogens is 4. The van der Waals surface area contributed by atoms with Crippen LogP contribution < -0.4 is 4.74 Å². The molecular formula is C26H30N6O3. The zero-order valence-corrected chi connectivity index (χ0v) is 20.1. The van der Waals surface area contributed by atoms with E-state index in [0.29, 0.717) is 55.9 Å². The third-order valence-electron chi connectivity index (χ3n) is 7.57.